The van der Waals surface area contributed by atoms with Gasteiger partial charge in [0, 0.05) is 62.7 Å². The Kier molecular flexibility index (Phi) is 3.67. The van der Waals surface area contributed by atoms with Crippen molar-refractivity contribution in [1.82, 2.24) is 29.7 Å². The van der Waals surface area contributed by atoms with E-state index in [0.717, 1.165) is 47.8 Å². The first-order valence-electron chi connectivity index (χ1n) is 8.45. The molecular formula is C17H21N7O. The van der Waals surface area contributed by atoms with Gasteiger partial charge in [0.05, 0.1) is 6.20 Å². The van der Waals surface area contributed by atoms with Crippen LogP contribution in [0.3, 0.4) is 0 Å². The number of aryl methyl sites for hydroxylation is 1. The van der Waals surface area contributed by atoms with E-state index in [1.807, 2.05) is 10.6 Å². The molecule has 0 bridgehead atoms. The Balaban J connectivity index is 1.75. The first-order chi connectivity index (χ1) is 12.1. The van der Waals surface area contributed by atoms with Crippen molar-refractivity contribution in [3.05, 3.63) is 41.0 Å². The average Bonchev–Trinajstić information content (AvgIpc) is 3.25. The number of hydrogen-bond acceptors (Lipinski definition) is 5. The van der Waals surface area contributed by atoms with E-state index in [0.29, 0.717) is 12.2 Å². The van der Waals surface area contributed by atoms with E-state index >= 15 is 0 Å². The Labute approximate surface area is 145 Å². The monoisotopic (exact) mass is 339 g/mol. The summed E-state index contributed by atoms with van der Waals surface area (Å²) in [6.45, 7) is 3.56. The van der Waals surface area contributed by atoms with Gasteiger partial charge >= 0.3 is 0 Å². The number of aromatic nitrogens is 5. The molecule has 0 aromatic carbocycles. The van der Waals surface area contributed by atoms with Gasteiger partial charge in [-0.15, -0.1) is 0 Å². The average molecular weight is 339 g/mol. The Morgan fingerprint density at radius 3 is 3.00 bits per heavy atom. The van der Waals surface area contributed by atoms with Gasteiger partial charge in [-0.25, -0.2) is 4.98 Å². The lowest BCUT2D eigenvalue weighted by Gasteiger charge is -2.29. The van der Waals surface area contributed by atoms with Crippen molar-refractivity contribution < 1.29 is 4.79 Å². The lowest BCUT2D eigenvalue weighted by atomic mass is 10.0. The largest absolute Gasteiger partial charge is 0.352 e. The molecule has 3 aromatic heterocycles. The van der Waals surface area contributed by atoms with E-state index in [9.17, 15) is 4.79 Å². The molecule has 8 heteroatoms. The van der Waals surface area contributed by atoms with Crippen LogP contribution in [0.1, 0.15) is 34.4 Å². The molecule has 0 unspecified atom stereocenters. The van der Waals surface area contributed by atoms with E-state index in [1.165, 1.54) is 0 Å². The smallest absolute Gasteiger partial charge is 0.274 e. The highest BCUT2D eigenvalue weighted by molar-refractivity contribution is 5.93. The van der Waals surface area contributed by atoms with Gasteiger partial charge in [0.1, 0.15) is 5.82 Å². The zero-order chi connectivity index (χ0) is 17.6. The van der Waals surface area contributed by atoms with E-state index < -0.39 is 0 Å². The lowest BCUT2D eigenvalue weighted by Crippen LogP contribution is -2.33. The number of carbonyl (C=O) groups excluding carboxylic acids is 1. The van der Waals surface area contributed by atoms with Crippen molar-refractivity contribution in [3.63, 3.8) is 0 Å². The molecule has 0 fully saturated rings. The second-order valence-corrected chi connectivity index (χ2v) is 6.46. The number of H-pyrrole nitrogens is 1. The SMILES string of the molecule is CCc1cc(N2CCc3[nH]nc(C(=O)N(C)C)c3C2)n2nccc2n1. The second-order valence-electron chi connectivity index (χ2n) is 6.46. The van der Waals surface area contributed by atoms with Crippen LogP contribution in [0.4, 0.5) is 5.82 Å². The molecule has 130 valence electrons. The molecule has 8 nitrogen and oxygen atoms in total. The summed E-state index contributed by atoms with van der Waals surface area (Å²) in [4.78, 5) is 20.8. The quantitative estimate of drug-likeness (QED) is 0.777. The minimum absolute atomic E-state index is 0.0763. The standard InChI is InChI=1S/C17H21N7O/c1-4-11-9-15(24-14(19-11)5-7-18-24)23-8-6-13-12(10-23)16(21-20-13)17(25)22(2)3/h5,7,9H,4,6,8,10H2,1-3H3,(H,20,21). The summed E-state index contributed by atoms with van der Waals surface area (Å²) in [5.41, 5.74) is 4.40. The molecule has 0 aliphatic carbocycles. The molecular weight excluding hydrogens is 318 g/mol. The molecule has 4 heterocycles. The van der Waals surface area contributed by atoms with Crippen molar-refractivity contribution in [2.75, 3.05) is 25.5 Å². The Morgan fingerprint density at radius 1 is 1.40 bits per heavy atom. The summed E-state index contributed by atoms with van der Waals surface area (Å²) in [5, 5.41) is 11.7. The fourth-order valence-electron chi connectivity index (χ4n) is 3.23. The third-order valence-electron chi connectivity index (χ3n) is 4.62. The summed E-state index contributed by atoms with van der Waals surface area (Å²) in [7, 11) is 3.49. The number of hydrogen-bond donors (Lipinski definition) is 1. The van der Waals surface area contributed by atoms with Gasteiger partial charge in [0.25, 0.3) is 5.91 Å². The van der Waals surface area contributed by atoms with Gasteiger partial charge in [-0.2, -0.15) is 14.7 Å². The van der Waals surface area contributed by atoms with Gasteiger partial charge in [0.15, 0.2) is 11.3 Å². The molecule has 3 aromatic rings. The topological polar surface area (TPSA) is 82.4 Å². The number of carbonyl (C=O) groups is 1. The molecule has 1 N–H and O–H groups in total. The number of nitrogens with one attached hydrogen (secondary N) is 1. The van der Waals surface area contributed by atoms with Crippen molar-refractivity contribution in [2.24, 2.45) is 0 Å². The Hall–Kier alpha value is -2.90. The molecule has 0 atom stereocenters. The van der Waals surface area contributed by atoms with E-state index in [-0.39, 0.29) is 5.91 Å². The van der Waals surface area contributed by atoms with Crippen molar-refractivity contribution in [3.8, 4) is 0 Å². The van der Waals surface area contributed by atoms with Crippen LogP contribution in [0.2, 0.25) is 0 Å². The first-order valence-corrected chi connectivity index (χ1v) is 8.45. The molecule has 1 aliphatic rings. The Bertz CT molecular complexity index is 940. The van der Waals surface area contributed by atoms with Crippen molar-refractivity contribution in [1.29, 1.82) is 0 Å². The van der Waals surface area contributed by atoms with Crippen LogP contribution in [0.5, 0.6) is 0 Å². The zero-order valence-electron chi connectivity index (χ0n) is 14.7. The number of amides is 1. The first kappa shape index (κ1) is 15.6. The van der Waals surface area contributed by atoms with E-state index in [1.54, 1.807) is 25.2 Å². The van der Waals surface area contributed by atoms with Crippen molar-refractivity contribution in [2.45, 2.75) is 26.3 Å². The van der Waals surface area contributed by atoms with Gasteiger partial charge in [-0.3, -0.25) is 9.89 Å². The second kappa shape index (κ2) is 5.87. The zero-order valence-corrected chi connectivity index (χ0v) is 14.7. The van der Waals surface area contributed by atoms with Gasteiger partial charge < -0.3 is 9.80 Å². The molecule has 1 aliphatic heterocycles. The minimum Gasteiger partial charge on any atom is -0.352 e. The molecule has 0 spiro atoms. The predicted molar refractivity (Wildman–Crippen MR) is 93.7 cm³/mol. The van der Waals surface area contributed by atoms with Gasteiger partial charge in [-0.05, 0) is 6.42 Å². The van der Waals surface area contributed by atoms with Gasteiger partial charge in [0.2, 0.25) is 0 Å². The normalized spacial score (nSPS) is 14.0. The maximum Gasteiger partial charge on any atom is 0.274 e. The van der Waals surface area contributed by atoms with Crippen LogP contribution in [0.15, 0.2) is 18.3 Å². The predicted octanol–water partition coefficient (Wildman–Crippen LogP) is 1.28. The van der Waals surface area contributed by atoms with Crippen LogP contribution in [-0.2, 0) is 19.4 Å². The van der Waals surface area contributed by atoms with Crippen LogP contribution in [0.25, 0.3) is 5.65 Å². The molecule has 1 amide bonds. The third kappa shape index (κ3) is 2.54. The van der Waals surface area contributed by atoms with Gasteiger partial charge in [-0.1, -0.05) is 6.92 Å². The summed E-state index contributed by atoms with van der Waals surface area (Å²) in [5.74, 6) is 0.925. The molecule has 4 rings (SSSR count). The number of fused-ring (bicyclic) bond motifs is 2. The van der Waals surface area contributed by atoms with E-state index in [4.69, 9.17) is 0 Å². The summed E-state index contributed by atoms with van der Waals surface area (Å²) in [6.07, 6.45) is 3.44. The Morgan fingerprint density at radius 2 is 2.24 bits per heavy atom. The number of anilines is 1. The molecule has 0 radical (unpaired) electrons. The highest BCUT2D eigenvalue weighted by Crippen LogP contribution is 2.26. The van der Waals surface area contributed by atoms with E-state index in [2.05, 4.69) is 38.2 Å². The maximum absolute atomic E-state index is 12.4. The van der Waals surface area contributed by atoms with Crippen LogP contribution >= 0.6 is 0 Å². The maximum atomic E-state index is 12.4. The highest BCUT2D eigenvalue weighted by Gasteiger charge is 2.27. The van der Waals surface area contributed by atoms with Crippen LogP contribution in [0, 0.1) is 0 Å². The highest BCUT2D eigenvalue weighted by atomic mass is 16.2. The molecule has 25 heavy (non-hydrogen) atoms. The number of rotatable bonds is 3. The van der Waals surface area contributed by atoms with Crippen LogP contribution in [-0.4, -0.2) is 56.2 Å². The van der Waals surface area contributed by atoms with Crippen LogP contribution < -0.4 is 4.90 Å². The number of nitrogens with zero attached hydrogens (tertiary/aromatic N) is 6. The molecule has 0 saturated heterocycles. The minimum atomic E-state index is -0.0763. The lowest BCUT2D eigenvalue weighted by molar-refractivity contribution is 0.0821. The summed E-state index contributed by atoms with van der Waals surface area (Å²) in [6, 6.07) is 4.00. The fraction of sp³-hybridized carbons (Fsp3) is 0.412. The number of aromatic amines is 1. The summed E-state index contributed by atoms with van der Waals surface area (Å²) < 4.78 is 1.86. The summed E-state index contributed by atoms with van der Waals surface area (Å²) >= 11 is 0. The molecule has 0 saturated carbocycles. The third-order valence-corrected chi connectivity index (χ3v) is 4.62. The van der Waals surface area contributed by atoms with Crippen molar-refractivity contribution >= 4 is 17.4 Å². The fourth-order valence-corrected chi connectivity index (χ4v) is 3.23.